The van der Waals surface area contributed by atoms with Crippen molar-refractivity contribution in [2.75, 3.05) is 7.11 Å². The van der Waals surface area contributed by atoms with Gasteiger partial charge in [-0.25, -0.2) is 9.59 Å². The van der Waals surface area contributed by atoms with E-state index >= 15 is 0 Å². The first-order valence-corrected chi connectivity index (χ1v) is 9.23. The fourth-order valence-corrected chi connectivity index (χ4v) is 12.1. The van der Waals surface area contributed by atoms with Gasteiger partial charge in [0.1, 0.15) is 0 Å². The van der Waals surface area contributed by atoms with Gasteiger partial charge < -0.3 is 9.16 Å². The van der Waals surface area contributed by atoms with Crippen LogP contribution < -0.4 is 0 Å². The van der Waals surface area contributed by atoms with Crippen molar-refractivity contribution < 1.29 is 18.8 Å². The van der Waals surface area contributed by atoms with Gasteiger partial charge in [-0.15, -0.1) is 0 Å². The largest absolute Gasteiger partial charge is 0.499 e. The van der Waals surface area contributed by atoms with Crippen LogP contribution in [0.15, 0.2) is 10.2 Å². The minimum atomic E-state index is -2.70. The van der Waals surface area contributed by atoms with Crippen LogP contribution in [0.2, 0.25) is 15.1 Å². The summed E-state index contributed by atoms with van der Waals surface area (Å²) in [5.41, 5.74) is 0. The van der Waals surface area contributed by atoms with E-state index in [-0.39, 0.29) is 15.1 Å². The van der Waals surface area contributed by atoms with Crippen molar-refractivity contribution in [2.24, 2.45) is 10.2 Å². The third-order valence-corrected chi connectivity index (χ3v) is 10.6. The molecule has 0 aromatic rings. The van der Waals surface area contributed by atoms with Gasteiger partial charge in [0, 0.05) is 0 Å². The fraction of sp³-hybridized carbons (Fsp3) is 0.867. The Bertz CT molecular complexity index is 418. The highest BCUT2D eigenvalue weighted by Crippen LogP contribution is 2.62. The summed E-state index contributed by atoms with van der Waals surface area (Å²) < 4.78 is 10.3. The van der Waals surface area contributed by atoms with Gasteiger partial charge >= 0.3 is 12.2 Å². The van der Waals surface area contributed by atoms with Crippen molar-refractivity contribution in [3.8, 4) is 0 Å². The van der Waals surface area contributed by atoms with E-state index in [0.717, 1.165) is 0 Å². The molecule has 7 heteroatoms. The maximum Gasteiger partial charge on any atom is 0.452 e. The SMILES string of the molecule is COC(=O)/N=N/C(=O)O[Si](C(C)(C)C)(C(C)(C)C)C(C)(C)C. The molecule has 0 aliphatic heterocycles. The van der Waals surface area contributed by atoms with Crippen LogP contribution in [-0.4, -0.2) is 27.6 Å². The second kappa shape index (κ2) is 6.48. The average Bonchev–Trinajstić information content (AvgIpc) is 2.27. The Morgan fingerprint density at radius 1 is 0.727 bits per heavy atom. The summed E-state index contributed by atoms with van der Waals surface area (Å²) in [6.07, 6.45) is -1.76. The minimum absolute atomic E-state index is 0.222. The van der Waals surface area contributed by atoms with Crippen LogP contribution in [-0.2, 0) is 9.16 Å². The Kier molecular flexibility index (Phi) is 6.11. The summed E-state index contributed by atoms with van der Waals surface area (Å²) in [5, 5.41) is 5.86. The highest BCUT2D eigenvalue weighted by molar-refractivity contribution is 6.83. The number of rotatable bonds is 1. The van der Waals surface area contributed by atoms with E-state index in [9.17, 15) is 9.59 Å². The van der Waals surface area contributed by atoms with E-state index < -0.39 is 20.5 Å². The zero-order valence-electron chi connectivity index (χ0n) is 15.5. The number of methoxy groups -OCH3 is 1. The first-order valence-electron chi connectivity index (χ1n) is 7.33. The van der Waals surface area contributed by atoms with Gasteiger partial charge in [-0.2, -0.15) is 0 Å². The van der Waals surface area contributed by atoms with E-state index in [1.54, 1.807) is 0 Å². The van der Waals surface area contributed by atoms with Crippen LogP contribution >= 0.6 is 0 Å². The standard InChI is InChI=1S/C15H30N2O4Si/c1-13(2,3)22(14(4,5)6,15(7,8)9)21-12(19)17-16-11(18)20-10/h1-10H3/b17-16+. The summed E-state index contributed by atoms with van der Waals surface area (Å²) in [5.74, 6) is 0. The number of hydrogen-bond acceptors (Lipinski definition) is 4. The van der Waals surface area contributed by atoms with E-state index in [0.29, 0.717) is 0 Å². The van der Waals surface area contributed by atoms with Crippen LogP contribution in [0.5, 0.6) is 0 Å². The number of amides is 2. The Labute approximate surface area is 134 Å². The molecule has 6 nitrogen and oxygen atoms in total. The molecule has 0 rings (SSSR count). The van der Waals surface area contributed by atoms with Gasteiger partial charge in [-0.3, -0.25) is 0 Å². The van der Waals surface area contributed by atoms with Gasteiger partial charge in [0.2, 0.25) is 0 Å². The summed E-state index contributed by atoms with van der Waals surface area (Å²) in [6, 6.07) is 0. The van der Waals surface area contributed by atoms with Crippen molar-refractivity contribution in [1.29, 1.82) is 0 Å². The molecule has 0 aliphatic carbocycles. The van der Waals surface area contributed by atoms with Crippen molar-refractivity contribution in [2.45, 2.75) is 77.4 Å². The number of nitrogens with zero attached hydrogens (tertiary/aromatic N) is 2. The van der Waals surface area contributed by atoms with Gasteiger partial charge in [-0.05, 0) is 15.1 Å². The zero-order valence-corrected chi connectivity index (χ0v) is 16.5. The lowest BCUT2D eigenvalue weighted by molar-refractivity contribution is 0.176. The molecule has 0 radical (unpaired) electrons. The molecule has 0 N–H and O–H groups in total. The Balaban J connectivity index is 5.88. The number of carbonyl (C=O) groups excluding carboxylic acids is 2. The van der Waals surface area contributed by atoms with Crippen molar-refractivity contribution >= 4 is 20.5 Å². The Morgan fingerprint density at radius 2 is 1.05 bits per heavy atom. The monoisotopic (exact) mass is 330 g/mol. The van der Waals surface area contributed by atoms with Gasteiger partial charge in [0.25, 0.3) is 8.32 Å². The van der Waals surface area contributed by atoms with Crippen LogP contribution in [0.1, 0.15) is 62.3 Å². The Morgan fingerprint density at radius 3 is 1.32 bits per heavy atom. The molecular formula is C15H30N2O4Si. The number of carbonyl (C=O) groups is 2. The van der Waals surface area contributed by atoms with Crippen LogP contribution in [0, 0.1) is 0 Å². The van der Waals surface area contributed by atoms with Crippen molar-refractivity contribution in [3.05, 3.63) is 0 Å². The number of azo groups is 1. The molecule has 0 bridgehead atoms. The van der Waals surface area contributed by atoms with Crippen LogP contribution in [0.4, 0.5) is 9.59 Å². The van der Waals surface area contributed by atoms with Crippen LogP contribution in [0.25, 0.3) is 0 Å². The summed E-state index contributed by atoms with van der Waals surface area (Å²) in [6.45, 7) is 18.8. The molecule has 0 fully saturated rings. The maximum atomic E-state index is 12.2. The average molecular weight is 331 g/mol. The number of hydrogen-bond donors (Lipinski definition) is 0. The third kappa shape index (κ3) is 4.15. The van der Waals surface area contributed by atoms with E-state index in [4.69, 9.17) is 4.43 Å². The molecule has 0 unspecified atom stereocenters. The molecule has 0 spiro atoms. The third-order valence-electron chi connectivity index (χ3n) is 3.80. The quantitative estimate of drug-likeness (QED) is 0.457. The molecule has 128 valence electrons. The second-order valence-corrected chi connectivity index (χ2v) is 14.5. The Hall–Kier alpha value is -1.24. The molecule has 0 aromatic carbocycles. The summed E-state index contributed by atoms with van der Waals surface area (Å²) in [4.78, 5) is 23.2. The van der Waals surface area contributed by atoms with E-state index in [1.807, 2.05) is 0 Å². The van der Waals surface area contributed by atoms with Crippen molar-refractivity contribution in [1.82, 2.24) is 0 Å². The molecular weight excluding hydrogens is 300 g/mol. The molecule has 0 aliphatic rings. The normalized spacial score (nSPS) is 14.1. The van der Waals surface area contributed by atoms with Crippen molar-refractivity contribution in [3.63, 3.8) is 0 Å². The second-order valence-electron chi connectivity index (χ2n) is 8.47. The van der Waals surface area contributed by atoms with Gasteiger partial charge in [-0.1, -0.05) is 72.5 Å². The molecule has 0 saturated carbocycles. The number of ether oxygens (including phenoxy) is 1. The van der Waals surface area contributed by atoms with E-state index in [1.165, 1.54) is 7.11 Å². The zero-order chi connectivity index (χ0) is 18.0. The first kappa shape index (κ1) is 20.8. The highest BCUT2D eigenvalue weighted by atomic mass is 28.4. The molecule has 0 heterocycles. The highest BCUT2D eigenvalue weighted by Gasteiger charge is 2.64. The lowest BCUT2D eigenvalue weighted by Crippen LogP contribution is -2.61. The topological polar surface area (TPSA) is 77.3 Å². The minimum Gasteiger partial charge on any atom is -0.499 e. The molecule has 0 saturated heterocycles. The smallest absolute Gasteiger partial charge is 0.452 e. The molecule has 2 amide bonds. The maximum absolute atomic E-state index is 12.2. The van der Waals surface area contributed by atoms with Gasteiger partial charge in [0.05, 0.1) is 7.11 Å². The van der Waals surface area contributed by atoms with E-state index in [2.05, 4.69) is 77.3 Å². The van der Waals surface area contributed by atoms with Crippen LogP contribution in [0.3, 0.4) is 0 Å². The van der Waals surface area contributed by atoms with Gasteiger partial charge in [0.15, 0.2) is 0 Å². The fourth-order valence-electron chi connectivity index (χ4n) is 4.11. The summed E-state index contributed by atoms with van der Waals surface area (Å²) in [7, 11) is -1.53. The first-order chi connectivity index (χ1) is 9.60. The summed E-state index contributed by atoms with van der Waals surface area (Å²) >= 11 is 0. The molecule has 0 aromatic heterocycles. The lowest BCUT2D eigenvalue weighted by atomic mass is 10.2. The lowest BCUT2D eigenvalue weighted by Gasteiger charge is -2.56. The predicted molar refractivity (Wildman–Crippen MR) is 88.6 cm³/mol. The predicted octanol–water partition coefficient (Wildman–Crippen LogP) is 5.69. The molecule has 0 atom stereocenters. The molecule has 22 heavy (non-hydrogen) atoms.